The summed E-state index contributed by atoms with van der Waals surface area (Å²) in [6.07, 6.45) is 4.53. The minimum absolute atomic E-state index is 0.162. The molecule has 2 aromatic carbocycles. The molecule has 1 heterocycles. The molecule has 1 atom stereocenters. The molecule has 0 aliphatic carbocycles. The third-order valence-electron chi connectivity index (χ3n) is 4.24. The summed E-state index contributed by atoms with van der Waals surface area (Å²) < 4.78 is 32.5. The van der Waals surface area contributed by atoms with Crippen LogP contribution in [0.5, 0.6) is 5.75 Å². The van der Waals surface area contributed by atoms with Crippen LogP contribution >= 0.6 is 0 Å². The number of aryl methyl sites for hydroxylation is 1. The van der Waals surface area contributed by atoms with E-state index in [1.807, 2.05) is 55.5 Å². The first-order valence-corrected chi connectivity index (χ1v) is 9.33. The van der Waals surface area contributed by atoms with Crippen molar-refractivity contribution >= 4 is 10.0 Å². The Balaban J connectivity index is 1.81. The van der Waals surface area contributed by atoms with E-state index < -0.39 is 10.0 Å². The van der Waals surface area contributed by atoms with Gasteiger partial charge in [-0.15, -0.1) is 0 Å². The topological polar surface area (TPSA) is 46.6 Å². The van der Waals surface area contributed by atoms with Crippen molar-refractivity contribution in [3.63, 3.8) is 0 Å². The van der Waals surface area contributed by atoms with Crippen LogP contribution in [0.2, 0.25) is 0 Å². The standard InChI is InChI=1S/C19H21NO3S/c1-15-5-11-19(12-6-15)24(21,22)20-13-3-4-17(20)14-16-7-9-18(23-2)10-8-16/h3-12,17H,13-14H2,1-2H3/t17-/m0/s1. The van der Waals surface area contributed by atoms with Crippen LogP contribution in [0.4, 0.5) is 0 Å². The number of rotatable bonds is 5. The van der Waals surface area contributed by atoms with Crippen molar-refractivity contribution < 1.29 is 13.2 Å². The summed E-state index contributed by atoms with van der Waals surface area (Å²) in [5.41, 5.74) is 2.12. The molecule has 3 rings (SSSR count). The fraction of sp³-hybridized carbons (Fsp3) is 0.263. The van der Waals surface area contributed by atoms with Crippen LogP contribution in [-0.2, 0) is 16.4 Å². The zero-order valence-electron chi connectivity index (χ0n) is 13.8. The van der Waals surface area contributed by atoms with Crippen LogP contribution in [0.15, 0.2) is 65.6 Å². The van der Waals surface area contributed by atoms with Crippen molar-refractivity contribution in [1.29, 1.82) is 0 Å². The normalized spacial score (nSPS) is 18.0. The van der Waals surface area contributed by atoms with E-state index in [4.69, 9.17) is 4.74 Å². The van der Waals surface area contributed by atoms with Gasteiger partial charge >= 0.3 is 0 Å². The lowest BCUT2D eigenvalue weighted by molar-refractivity contribution is 0.406. The van der Waals surface area contributed by atoms with Crippen LogP contribution in [0, 0.1) is 6.92 Å². The van der Waals surface area contributed by atoms with Gasteiger partial charge in [-0.25, -0.2) is 8.42 Å². The third-order valence-corrected chi connectivity index (χ3v) is 6.15. The Labute approximate surface area is 143 Å². The minimum atomic E-state index is -3.49. The monoisotopic (exact) mass is 343 g/mol. The van der Waals surface area contributed by atoms with Gasteiger partial charge in [0.05, 0.1) is 12.0 Å². The molecule has 1 aliphatic rings. The first-order valence-electron chi connectivity index (χ1n) is 7.89. The van der Waals surface area contributed by atoms with Crippen molar-refractivity contribution in [2.24, 2.45) is 0 Å². The third kappa shape index (κ3) is 3.37. The minimum Gasteiger partial charge on any atom is -0.497 e. The quantitative estimate of drug-likeness (QED) is 0.784. The summed E-state index contributed by atoms with van der Waals surface area (Å²) in [6.45, 7) is 2.36. The van der Waals surface area contributed by atoms with Gasteiger partial charge in [0.1, 0.15) is 5.75 Å². The molecule has 0 unspecified atom stereocenters. The first-order chi connectivity index (χ1) is 11.5. The molecule has 0 radical (unpaired) electrons. The molecule has 1 aliphatic heterocycles. The largest absolute Gasteiger partial charge is 0.497 e. The molecule has 0 saturated carbocycles. The Morgan fingerprint density at radius 3 is 2.38 bits per heavy atom. The molecule has 4 nitrogen and oxygen atoms in total. The lowest BCUT2D eigenvalue weighted by Crippen LogP contribution is -2.37. The highest BCUT2D eigenvalue weighted by molar-refractivity contribution is 7.89. The van der Waals surface area contributed by atoms with Crippen LogP contribution in [0.3, 0.4) is 0 Å². The number of hydrogen-bond donors (Lipinski definition) is 0. The fourth-order valence-electron chi connectivity index (χ4n) is 2.85. The molecule has 0 fully saturated rings. The van der Waals surface area contributed by atoms with E-state index in [2.05, 4.69) is 0 Å². The Morgan fingerprint density at radius 1 is 1.08 bits per heavy atom. The van der Waals surface area contributed by atoms with Crippen LogP contribution < -0.4 is 4.74 Å². The van der Waals surface area contributed by atoms with Gasteiger partial charge in [-0.1, -0.05) is 42.0 Å². The van der Waals surface area contributed by atoms with Gasteiger partial charge in [-0.05, 0) is 43.2 Å². The highest BCUT2D eigenvalue weighted by atomic mass is 32.2. The fourth-order valence-corrected chi connectivity index (χ4v) is 4.38. The van der Waals surface area contributed by atoms with Crippen molar-refractivity contribution in [3.05, 3.63) is 71.8 Å². The highest BCUT2D eigenvalue weighted by Gasteiger charge is 2.32. The number of sulfonamides is 1. The van der Waals surface area contributed by atoms with Gasteiger partial charge in [0.25, 0.3) is 0 Å². The number of methoxy groups -OCH3 is 1. The van der Waals surface area contributed by atoms with Gasteiger partial charge in [-0.2, -0.15) is 4.31 Å². The molecule has 2 aromatic rings. The molecule has 5 heteroatoms. The van der Waals surface area contributed by atoms with Crippen LogP contribution in [-0.4, -0.2) is 32.4 Å². The Kier molecular flexibility index (Phi) is 4.73. The highest BCUT2D eigenvalue weighted by Crippen LogP contribution is 2.25. The van der Waals surface area contributed by atoms with Crippen molar-refractivity contribution in [1.82, 2.24) is 4.31 Å². The second-order valence-electron chi connectivity index (χ2n) is 5.94. The smallest absolute Gasteiger partial charge is 0.243 e. The molecular weight excluding hydrogens is 322 g/mol. The van der Waals surface area contributed by atoms with E-state index in [9.17, 15) is 8.42 Å². The second kappa shape index (κ2) is 6.79. The number of nitrogens with zero attached hydrogens (tertiary/aromatic N) is 1. The summed E-state index contributed by atoms with van der Waals surface area (Å²) in [7, 11) is -1.86. The summed E-state index contributed by atoms with van der Waals surface area (Å²) in [6, 6.07) is 14.6. The van der Waals surface area contributed by atoms with Gasteiger partial charge in [0.15, 0.2) is 0 Å². The van der Waals surface area contributed by atoms with E-state index in [0.29, 0.717) is 17.9 Å². The zero-order chi connectivity index (χ0) is 17.2. The number of ether oxygens (including phenoxy) is 1. The van der Waals surface area contributed by atoms with Crippen LogP contribution in [0.25, 0.3) is 0 Å². The molecule has 0 spiro atoms. The SMILES string of the molecule is COc1ccc(C[C@@H]2C=CCN2S(=O)(=O)c2ccc(C)cc2)cc1. The molecule has 0 N–H and O–H groups in total. The molecule has 0 aromatic heterocycles. The van der Waals surface area contributed by atoms with E-state index in [0.717, 1.165) is 16.9 Å². The summed E-state index contributed by atoms with van der Waals surface area (Å²) in [5, 5.41) is 0. The van der Waals surface area contributed by atoms with Crippen molar-refractivity contribution in [2.45, 2.75) is 24.3 Å². The number of benzene rings is 2. The summed E-state index contributed by atoms with van der Waals surface area (Å²) >= 11 is 0. The maximum absolute atomic E-state index is 12.9. The second-order valence-corrected chi connectivity index (χ2v) is 7.83. The number of hydrogen-bond acceptors (Lipinski definition) is 3. The van der Waals surface area contributed by atoms with E-state index in [-0.39, 0.29) is 6.04 Å². The maximum atomic E-state index is 12.9. The van der Waals surface area contributed by atoms with Gasteiger partial charge in [0.2, 0.25) is 10.0 Å². The Bertz CT molecular complexity index is 824. The van der Waals surface area contributed by atoms with Gasteiger partial charge in [-0.3, -0.25) is 0 Å². The van der Waals surface area contributed by atoms with Crippen molar-refractivity contribution in [2.75, 3.05) is 13.7 Å². The molecule has 126 valence electrons. The zero-order valence-corrected chi connectivity index (χ0v) is 14.7. The molecule has 0 amide bonds. The van der Waals surface area contributed by atoms with E-state index in [1.165, 1.54) is 0 Å². The van der Waals surface area contributed by atoms with Crippen molar-refractivity contribution in [3.8, 4) is 5.75 Å². The Hall–Kier alpha value is -2.11. The average Bonchev–Trinajstić information content (AvgIpc) is 3.05. The predicted octanol–water partition coefficient (Wildman–Crippen LogP) is 3.18. The molecular formula is C19H21NO3S. The predicted molar refractivity (Wildman–Crippen MR) is 94.7 cm³/mol. The summed E-state index contributed by atoms with van der Waals surface area (Å²) in [4.78, 5) is 0.344. The summed E-state index contributed by atoms with van der Waals surface area (Å²) in [5.74, 6) is 0.796. The molecule has 0 saturated heterocycles. The van der Waals surface area contributed by atoms with Gasteiger partial charge < -0.3 is 4.74 Å². The lowest BCUT2D eigenvalue weighted by Gasteiger charge is -2.24. The first kappa shape index (κ1) is 16.7. The van der Waals surface area contributed by atoms with Crippen LogP contribution in [0.1, 0.15) is 11.1 Å². The van der Waals surface area contributed by atoms with E-state index in [1.54, 1.807) is 23.5 Å². The van der Waals surface area contributed by atoms with E-state index >= 15 is 0 Å². The molecule has 0 bridgehead atoms. The Morgan fingerprint density at radius 2 is 1.75 bits per heavy atom. The average molecular weight is 343 g/mol. The molecule has 24 heavy (non-hydrogen) atoms. The maximum Gasteiger partial charge on any atom is 0.243 e. The lowest BCUT2D eigenvalue weighted by atomic mass is 10.1. The van der Waals surface area contributed by atoms with Gasteiger partial charge in [0, 0.05) is 12.6 Å².